The van der Waals surface area contributed by atoms with Gasteiger partial charge in [0, 0.05) is 18.8 Å². The first-order valence-corrected chi connectivity index (χ1v) is 10.6. The first-order chi connectivity index (χ1) is 12.5. The van der Waals surface area contributed by atoms with Gasteiger partial charge in [0.15, 0.2) is 0 Å². The zero-order valence-corrected chi connectivity index (χ0v) is 15.5. The van der Waals surface area contributed by atoms with Crippen LogP contribution >= 0.6 is 0 Å². The number of hydrogen-bond donors (Lipinski definition) is 1. The number of carbonyl (C=O) groups excluding carboxylic acids is 1. The molecule has 0 saturated carbocycles. The van der Waals surface area contributed by atoms with Crippen molar-refractivity contribution < 1.29 is 13.2 Å². The molecule has 0 bridgehead atoms. The Morgan fingerprint density at radius 1 is 0.885 bits per heavy atom. The number of amides is 1. The molecular formula is C20H24N2O3S. The Morgan fingerprint density at radius 3 is 2.19 bits per heavy atom. The standard InChI is InChI=1S/C20H24N2O3S/c23-20(22-13-5-2-6-14-22)15-17-9-11-19(12-10-17)21-26(24,25)16-18-7-3-1-4-8-18/h1,3-4,7-12,21H,2,5-6,13-16H2. The maximum atomic E-state index is 12.3. The van der Waals surface area contributed by atoms with Crippen LogP contribution in [-0.4, -0.2) is 32.3 Å². The number of hydrogen-bond acceptors (Lipinski definition) is 3. The van der Waals surface area contributed by atoms with Crippen molar-refractivity contribution in [1.82, 2.24) is 4.90 Å². The number of carbonyl (C=O) groups is 1. The van der Waals surface area contributed by atoms with Crippen LogP contribution in [0.15, 0.2) is 54.6 Å². The quantitative estimate of drug-likeness (QED) is 0.847. The molecule has 1 amide bonds. The van der Waals surface area contributed by atoms with Gasteiger partial charge in [-0.25, -0.2) is 8.42 Å². The molecule has 1 aliphatic heterocycles. The van der Waals surface area contributed by atoms with Gasteiger partial charge in [-0.05, 0) is 42.5 Å². The molecular weight excluding hydrogens is 348 g/mol. The third-order valence-corrected chi connectivity index (χ3v) is 5.75. The minimum atomic E-state index is -3.47. The highest BCUT2D eigenvalue weighted by atomic mass is 32.2. The average Bonchev–Trinajstić information content (AvgIpc) is 2.64. The molecule has 0 unspecified atom stereocenters. The lowest BCUT2D eigenvalue weighted by molar-refractivity contribution is -0.131. The molecule has 0 atom stereocenters. The van der Waals surface area contributed by atoms with E-state index in [9.17, 15) is 13.2 Å². The predicted molar refractivity (Wildman–Crippen MR) is 103 cm³/mol. The molecule has 0 aliphatic carbocycles. The van der Waals surface area contributed by atoms with Crippen molar-refractivity contribution in [3.05, 3.63) is 65.7 Å². The maximum Gasteiger partial charge on any atom is 0.236 e. The first kappa shape index (κ1) is 18.5. The van der Waals surface area contributed by atoms with Crippen LogP contribution in [0.25, 0.3) is 0 Å². The Hall–Kier alpha value is -2.34. The lowest BCUT2D eigenvalue weighted by Gasteiger charge is -2.26. The number of anilines is 1. The molecule has 26 heavy (non-hydrogen) atoms. The second-order valence-corrected chi connectivity index (χ2v) is 8.38. The van der Waals surface area contributed by atoms with E-state index in [1.54, 1.807) is 24.3 Å². The van der Waals surface area contributed by atoms with Crippen molar-refractivity contribution in [2.24, 2.45) is 0 Å². The van der Waals surface area contributed by atoms with E-state index in [4.69, 9.17) is 0 Å². The number of nitrogens with one attached hydrogen (secondary N) is 1. The summed E-state index contributed by atoms with van der Waals surface area (Å²) < 4.78 is 27.1. The minimum absolute atomic E-state index is 0.0664. The number of sulfonamides is 1. The second kappa shape index (κ2) is 8.36. The molecule has 0 aromatic heterocycles. The fourth-order valence-corrected chi connectivity index (χ4v) is 4.33. The smallest absolute Gasteiger partial charge is 0.236 e. The summed E-state index contributed by atoms with van der Waals surface area (Å²) in [4.78, 5) is 14.2. The third-order valence-electron chi connectivity index (χ3n) is 4.49. The monoisotopic (exact) mass is 372 g/mol. The summed E-state index contributed by atoms with van der Waals surface area (Å²) >= 11 is 0. The molecule has 1 aliphatic rings. The van der Waals surface area contributed by atoms with Crippen LogP contribution in [0.1, 0.15) is 30.4 Å². The fourth-order valence-electron chi connectivity index (χ4n) is 3.13. The lowest BCUT2D eigenvalue weighted by Crippen LogP contribution is -2.36. The Balaban J connectivity index is 1.57. The SMILES string of the molecule is O=C(Cc1ccc(NS(=O)(=O)Cc2ccccc2)cc1)N1CCCCC1. The maximum absolute atomic E-state index is 12.3. The van der Waals surface area contributed by atoms with Crippen molar-refractivity contribution in [3.8, 4) is 0 Å². The van der Waals surface area contributed by atoms with E-state index in [0.29, 0.717) is 12.1 Å². The summed E-state index contributed by atoms with van der Waals surface area (Å²) in [6.07, 6.45) is 3.71. The second-order valence-electron chi connectivity index (χ2n) is 6.66. The van der Waals surface area contributed by atoms with Crippen LogP contribution in [-0.2, 0) is 27.0 Å². The summed E-state index contributed by atoms with van der Waals surface area (Å²) in [6, 6.07) is 16.1. The summed E-state index contributed by atoms with van der Waals surface area (Å²) in [6.45, 7) is 1.69. The van der Waals surface area contributed by atoms with Gasteiger partial charge in [0.1, 0.15) is 0 Å². The Morgan fingerprint density at radius 2 is 1.54 bits per heavy atom. The third kappa shape index (κ3) is 5.33. The van der Waals surface area contributed by atoms with Crippen molar-refractivity contribution in [3.63, 3.8) is 0 Å². The number of piperidine rings is 1. The van der Waals surface area contributed by atoms with Gasteiger partial charge in [-0.2, -0.15) is 0 Å². The van der Waals surface area contributed by atoms with Crippen molar-refractivity contribution in [2.75, 3.05) is 17.8 Å². The van der Waals surface area contributed by atoms with Gasteiger partial charge >= 0.3 is 0 Å². The highest BCUT2D eigenvalue weighted by Crippen LogP contribution is 2.16. The van der Waals surface area contributed by atoms with Gasteiger partial charge in [0.05, 0.1) is 12.2 Å². The minimum Gasteiger partial charge on any atom is -0.342 e. The normalized spacial score (nSPS) is 14.8. The zero-order chi connectivity index (χ0) is 18.4. The predicted octanol–water partition coefficient (Wildman–Crippen LogP) is 3.18. The molecule has 0 radical (unpaired) electrons. The van der Waals surface area contributed by atoms with Crippen LogP contribution < -0.4 is 4.72 Å². The van der Waals surface area contributed by atoms with Crippen LogP contribution in [0.2, 0.25) is 0 Å². The van der Waals surface area contributed by atoms with E-state index < -0.39 is 10.0 Å². The van der Waals surface area contributed by atoms with E-state index in [0.717, 1.165) is 37.1 Å². The van der Waals surface area contributed by atoms with Crippen LogP contribution in [0.3, 0.4) is 0 Å². The van der Waals surface area contributed by atoms with Gasteiger partial charge in [0.25, 0.3) is 0 Å². The molecule has 5 nitrogen and oxygen atoms in total. The van der Waals surface area contributed by atoms with Crippen molar-refractivity contribution in [2.45, 2.75) is 31.4 Å². The molecule has 2 aromatic carbocycles. The first-order valence-electron chi connectivity index (χ1n) is 8.93. The molecule has 2 aromatic rings. The van der Waals surface area contributed by atoms with Crippen molar-refractivity contribution in [1.29, 1.82) is 0 Å². The number of nitrogens with zero attached hydrogens (tertiary/aromatic N) is 1. The highest BCUT2D eigenvalue weighted by molar-refractivity contribution is 7.91. The number of likely N-dealkylation sites (tertiary alicyclic amines) is 1. The molecule has 1 fully saturated rings. The molecule has 1 N–H and O–H groups in total. The molecule has 138 valence electrons. The van der Waals surface area contributed by atoms with Crippen LogP contribution in [0.4, 0.5) is 5.69 Å². The van der Waals surface area contributed by atoms with Gasteiger partial charge in [0.2, 0.25) is 15.9 Å². The van der Waals surface area contributed by atoms with Gasteiger partial charge in [-0.1, -0.05) is 42.5 Å². The van der Waals surface area contributed by atoms with Crippen LogP contribution in [0.5, 0.6) is 0 Å². The largest absolute Gasteiger partial charge is 0.342 e. The fraction of sp³-hybridized carbons (Fsp3) is 0.350. The summed E-state index contributed by atoms with van der Waals surface area (Å²) in [7, 11) is -3.47. The molecule has 6 heteroatoms. The Bertz CT molecular complexity index is 827. The van der Waals surface area contributed by atoms with E-state index in [-0.39, 0.29) is 11.7 Å². The van der Waals surface area contributed by atoms with Crippen LogP contribution in [0, 0.1) is 0 Å². The number of rotatable bonds is 6. The lowest BCUT2D eigenvalue weighted by atomic mass is 10.1. The van der Waals surface area contributed by atoms with E-state index in [1.165, 1.54) is 6.42 Å². The summed E-state index contributed by atoms with van der Waals surface area (Å²) in [5.74, 6) is 0.0744. The zero-order valence-electron chi connectivity index (χ0n) is 14.7. The van der Waals surface area contributed by atoms with E-state index >= 15 is 0 Å². The van der Waals surface area contributed by atoms with E-state index in [2.05, 4.69) is 4.72 Å². The summed E-state index contributed by atoms with van der Waals surface area (Å²) in [5.41, 5.74) is 2.14. The average molecular weight is 372 g/mol. The summed E-state index contributed by atoms with van der Waals surface area (Å²) in [5, 5.41) is 0. The Kier molecular flexibility index (Phi) is 5.93. The highest BCUT2D eigenvalue weighted by Gasteiger charge is 2.17. The Labute approximate surface area is 155 Å². The van der Waals surface area contributed by atoms with Gasteiger partial charge < -0.3 is 4.90 Å². The molecule has 3 rings (SSSR count). The molecule has 1 saturated heterocycles. The van der Waals surface area contributed by atoms with Gasteiger partial charge in [-0.3, -0.25) is 9.52 Å². The molecule has 1 heterocycles. The van der Waals surface area contributed by atoms with Crippen molar-refractivity contribution >= 4 is 21.6 Å². The van der Waals surface area contributed by atoms with Gasteiger partial charge in [-0.15, -0.1) is 0 Å². The van der Waals surface area contributed by atoms with E-state index in [1.807, 2.05) is 35.2 Å². The molecule has 0 spiro atoms. The number of benzene rings is 2. The topological polar surface area (TPSA) is 66.5 Å².